The molecule has 0 N–H and O–H groups in total. The number of hydrogen-bond acceptors (Lipinski definition) is 6. The van der Waals surface area contributed by atoms with E-state index in [0.29, 0.717) is 36.1 Å². The Bertz CT molecular complexity index is 1610. The van der Waals surface area contributed by atoms with E-state index in [4.69, 9.17) is 4.42 Å². The van der Waals surface area contributed by atoms with E-state index in [0.717, 1.165) is 35.0 Å². The number of pyridine rings is 1. The summed E-state index contributed by atoms with van der Waals surface area (Å²) >= 11 is 0. The van der Waals surface area contributed by atoms with Crippen LogP contribution in [0.25, 0.3) is 22.5 Å². The molecule has 0 unspecified atom stereocenters. The molecule has 0 aliphatic carbocycles. The van der Waals surface area contributed by atoms with Crippen LogP contribution in [-0.4, -0.2) is 43.0 Å². The van der Waals surface area contributed by atoms with Crippen LogP contribution in [0.5, 0.6) is 0 Å². The molecule has 1 aliphatic heterocycles. The molecule has 3 aromatic heterocycles. The number of rotatable bonds is 4. The van der Waals surface area contributed by atoms with Crippen molar-refractivity contribution in [3.8, 4) is 11.5 Å². The molecule has 186 valence electrons. The first kappa shape index (κ1) is 23.7. The molecule has 4 aromatic rings. The fraction of sp³-hybridized carbons (Fsp3) is 0.370. The fourth-order valence-electron chi connectivity index (χ4n) is 4.81. The van der Waals surface area contributed by atoms with Crippen LogP contribution in [0.2, 0.25) is 0 Å². The van der Waals surface area contributed by atoms with Gasteiger partial charge in [-0.15, -0.1) is 0 Å². The number of hydrogen-bond donors (Lipinski definition) is 0. The molecule has 0 saturated carbocycles. The van der Waals surface area contributed by atoms with Crippen LogP contribution in [0.4, 0.5) is 0 Å². The Morgan fingerprint density at radius 3 is 2.50 bits per heavy atom. The zero-order chi connectivity index (χ0) is 25.6. The van der Waals surface area contributed by atoms with Gasteiger partial charge in [-0.05, 0) is 58.2 Å². The summed E-state index contributed by atoms with van der Waals surface area (Å²) in [6, 6.07) is 9.41. The van der Waals surface area contributed by atoms with E-state index in [1.54, 1.807) is 31.9 Å². The molecule has 1 aliphatic rings. The highest BCUT2D eigenvalue weighted by Gasteiger charge is 2.25. The van der Waals surface area contributed by atoms with Crippen molar-refractivity contribution in [2.24, 2.45) is 7.05 Å². The Morgan fingerprint density at radius 2 is 1.78 bits per heavy atom. The van der Waals surface area contributed by atoms with Gasteiger partial charge in [0.05, 0.1) is 17.5 Å². The highest BCUT2D eigenvalue weighted by atomic mass is 16.4. The van der Waals surface area contributed by atoms with Gasteiger partial charge in [0.1, 0.15) is 17.1 Å². The Kier molecular flexibility index (Phi) is 6.07. The summed E-state index contributed by atoms with van der Waals surface area (Å²) in [4.78, 5) is 51.3. The second-order valence-electron chi connectivity index (χ2n) is 9.49. The van der Waals surface area contributed by atoms with Crippen molar-refractivity contribution in [3.63, 3.8) is 0 Å². The molecule has 36 heavy (non-hydrogen) atoms. The summed E-state index contributed by atoms with van der Waals surface area (Å²) in [6.45, 7) is 6.73. The van der Waals surface area contributed by atoms with Gasteiger partial charge in [0.25, 0.3) is 11.5 Å². The van der Waals surface area contributed by atoms with Crippen LogP contribution in [-0.2, 0) is 13.6 Å². The molecule has 0 spiro atoms. The number of nitrogens with zero attached hydrogens (tertiary/aromatic N) is 5. The molecule has 0 bridgehead atoms. The standard InChI is InChI=1S/C27H29N5O4/c1-16-9-8-10-19(13-16)24-29-21(18(3)36-24)15-32-26(34)22-20(25(33)31-11-6-5-7-12-31)14-17(2)28-23(22)30(4)27(32)35/h8-10,13-14H,5-7,11-12,15H2,1-4H3. The highest BCUT2D eigenvalue weighted by Crippen LogP contribution is 2.23. The maximum absolute atomic E-state index is 13.7. The van der Waals surface area contributed by atoms with E-state index >= 15 is 0 Å². The predicted molar refractivity (Wildman–Crippen MR) is 136 cm³/mol. The van der Waals surface area contributed by atoms with Gasteiger partial charge in [-0.25, -0.2) is 14.8 Å². The van der Waals surface area contributed by atoms with Gasteiger partial charge in [-0.2, -0.15) is 0 Å². The largest absolute Gasteiger partial charge is 0.441 e. The van der Waals surface area contributed by atoms with Crippen LogP contribution in [0.1, 0.15) is 52.3 Å². The summed E-state index contributed by atoms with van der Waals surface area (Å²) in [6.07, 6.45) is 2.96. The molecule has 0 atom stereocenters. The van der Waals surface area contributed by atoms with Crippen molar-refractivity contribution in [2.75, 3.05) is 13.1 Å². The lowest BCUT2D eigenvalue weighted by molar-refractivity contribution is 0.0726. The van der Waals surface area contributed by atoms with Crippen LogP contribution < -0.4 is 11.2 Å². The third-order valence-corrected chi connectivity index (χ3v) is 6.76. The topological polar surface area (TPSA) is 103 Å². The van der Waals surface area contributed by atoms with Crippen LogP contribution in [0.15, 0.2) is 44.3 Å². The highest BCUT2D eigenvalue weighted by molar-refractivity contribution is 6.05. The third kappa shape index (κ3) is 4.14. The summed E-state index contributed by atoms with van der Waals surface area (Å²) in [7, 11) is 1.57. The van der Waals surface area contributed by atoms with Crippen LogP contribution in [0, 0.1) is 20.8 Å². The Hall–Kier alpha value is -4.01. The van der Waals surface area contributed by atoms with Crippen molar-refractivity contribution in [3.05, 3.63) is 79.4 Å². The van der Waals surface area contributed by atoms with E-state index in [-0.39, 0.29) is 29.0 Å². The Labute approximate surface area is 208 Å². The second kappa shape index (κ2) is 9.22. The Morgan fingerprint density at radius 1 is 1.03 bits per heavy atom. The minimum Gasteiger partial charge on any atom is -0.441 e. The van der Waals surface area contributed by atoms with Gasteiger partial charge < -0.3 is 9.32 Å². The van der Waals surface area contributed by atoms with Crippen LogP contribution >= 0.6 is 0 Å². The zero-order valence-corrected chi connectivity index (χ0v) is 21.0. The minimum absolute atomic E-state index is 0.0756. The van der Waals surface area contributed by atoms with E-state index < -0.39 is 11.2 Å². The second-order valence-corrected chi connectivity index (χ2v) is 9.49. The molecule has 9 heteroatoms. The molecule has 1 aromatic carbocycles. The number of aromatic nitrogens is 4. The lowest BCUT2D eigenvalue weighted by Crippen LogP contribution is -2.42. The predicted octanol–water partition coefficient (Wildman–Crippen LogP) is 3.35. The van der Waals surface area contributed by atoms with Crippen molar-refractivity contribution in [1.82, 2.24) is 24.0 Å². The number of fused-ring (bicyclic) bond motifs is 1. The molecule has 1 saturated heterocycles. The number of carbonyl (C=O) groups excluding carboxylic acids is 1. The quantitative estimate of drug-likeness (QED) is 0.437. The number of likely N-dealkylation sites (tertiary alicyclic amines) is 1. The molecule has 5 rings (SSSR count). The summed E-state index contributed by atoms with van der Waals surface area (Å²) in [5.74, 6) is 0.745. The van der Waals surface area contributed by atoms with Gasteiger partial charge in [-0.3, -0.25) is 18.7 Å². The lowest BCUT2D eigenvalue weighted by Gasteiger charge is -2.27. The first-order valence-electron chi connectivity index (χ1n) is 12.2. The van der Waals surface area contributed by atoms with Crippen molar-refractivity contribution in [1.29, 1.82) is 0 Å². The number of carbonyl (C=O) groups is 1. The van der Waals surface area contributed by atoms with Gasteiger partial charge in [-0.1, -0.05) is 17.7 Å². The van der Waals surface area contributed by atoms with Crippen molar-refractivity contribution in [2.45, 2.75) is 46.6 Å². The lowest BCUT2D eigenvalue weighted by atomic mass is 10.1. The van der Waals surface area contributed by atoms with Gasteiger partial charge in [0.2, 0.25) is 5.89 Å². The molecular formula is C27H29N5O4. The van der Waals surface area contributed by atoms with E-state index in [1.165, 1.54) is 4.57 Å². The Balaban J connectivity index is 1.63. The molecular weight excluding hydrogens is 458 g/mol. The van der Waals surface area contributed by atoms with Crippen molar-refractivity contribution < 1.29 is 9.21 Å². The van der Waals surface area contributed by atoms with Gasteiger partial charge in [0, 0.05) is 31.4 Å². The maximum atomic E-state index is 13.7. The number of benzene rings is 1. The fourth-order valence-corrected chi connectivity index (χ4v) is 4.81. The molecule has 0 radical (unpaired) electrons. The van der Waals surface area contributed by atoms with Gasteiger partial charge in [0.15, 0.2) is 0 Å². The average molecular weight is 488 g/mol. The monoisotopic (exact) mass is 487 g/mol. The number of piperidine rings is 1. The SMILES string of the molecule is Cc1cccc(-c2nc(Cn3c(=O)c4c(C(=O)N5CCCCC5)cc(C)nc4n(C)c3=O)c(C)o2)c1. The summed E-state index contributed by atoms with van der Waals surface area (Å²) in [5.41, 5.74) is 2.35. The summed E-state index contributed by atoms with van der Waals surface area (Å²) < 4.78 is 8.31. The molecule has 1 amide bonds. The van der Waals surface area contributed by atoms with E-state index in [1.807, 2.05) is 31.2 Å². The first-order chi connectivity index (χ1) is 17.2. The molecule has 4 heterocycles. The van der Waals surface area contributed by atoms with Crippen LogP contribution in [0.3, 0.4) is 0 Å². The average Bonchev–Trinajstić information content (AvgIpc) is 3.25. The third-order valence-electron chi connectivity index (χ3n) is 6.76. The first-order valence-corrected chi connectivity index (χ1v) is 12.2. The number of aryl methyl sites for hydroxylation is 4. The number of oxazole rings is 1. The van der Waals surface area contributed by atoms with E-state index in [9.17, 15) is 14.4 Å². The minimum atomic E-state index is -0.555. The molecule has 1 fully saturated rings. The zero-order valence-electron chi connectivity index (χ0n) is 21.0. The van der Waals surface area contributed by atoms with Crippen molar-refractivity contribution >= 4 is 16.9 Å². The summed E-state index contributed by atoms with van der Waals surface area (Å²) in [5, 5.41) is 0.151. The molecule has 9 nitrogen and oxygen atoms in total. The maximum Gasteiger partial charge on any atom is 0.332 e. The number of amides is 1. The normalized spacial score (nSPS) is 13.9. The smallest absolute Gasteiger partial charge is 0.332 e. The van der Waals surface area contributed by atoms with Gasteiger partial charge >= 0.3 is 5.69 Å². The van der Waals surface area contributed by atoms with E-state index in [2.05, 4.69) is 9.97 Å².